The summed E-state index contributed by atoms with van der Waals surface area (Å²) in [6.07, 6.45) is 0.535. The van der Waals surface area contributed by atoms with Crippen LogP contribution in [0.5, 0.6) is 11.5 Å². The summed E-state index contributed by atoms with van der Waals surface area (Å²) in [5.41, 5.74) is 0.901. The molecule has 0 fully saturated rings. The summed E-state index contributed by atoms with van der Waals surface area (Å²) < 4.78 is 15.4. The summed E-state index contributed by atoms with van der Waals surface area (Å²) in [6, 6.07) is 15.7. The summed E-state index contributed by atoms with van der Waals surface area (Å²) in [4.78, 5) is 35.0. The van der Waals surface area contributed by atoms with Crippen molar-refractivity contribution in [1.82, 2.24) is 10.6 Å². The third-order valence-electron chi connectivity index (χ3n) is 3.77. The van der Waals surface area contributed by atoms with Gasteiger partial charge in [-0.1, -0.05) is 30.3 Å². The average Bonchev–Trinajstić information content (AvgIpc) is 2.75. The fourth-order valence-corrected chi connectivity index (χ4v) is 2.28. The van der Waals surface area contributed by atoms with Crippen LogP contribution in [-0.4, -0.2) is 38.2 Å². The molecule has 0 aliphatic heterocycles. The molecule has 0 bridgehead atoms. The Morgan fingerprint density at radius 1 is 0.931 bits per heavy atom. The molecular weight excluding hydrogens is 376 g/mol. The molecule has 0 atom stereocenters. The third-order valence-corrected chi connectivity index (χ3v) is 3.77. The van der Waals surface area contributed by atoms with E-state index in [-0.39, 0.29) is 13.0 Å². The third kappa shape index (κ3) is 8.79. The van der Waals surface area contributed by atoms with Crippen molar-refractivity contribution in [3.8, 4) is 11.5 Å². The van der Waals surface area contributed by atoms with Crippen LogP contribution in [0.1, 0.15) is 18.4 Å². The van der Waals surface area contributed by atoms with Crippen LogP contribution in [0.15, 0.2) is 54.6 Å². The normalized spacial score (nSPS) is 9.97. The lowest BCUT2D eigenvalue weighted by molar-refractivity contribution is -0.148. The van der Waals surface area contributed by atoms with Crippen LogP contribution in [0, 0.1) is 0 Å². The highest BCUT2D eigenvalue weighted by atomic mass is 16.5. The fourth-order valence-electron chi connectivity index (χ4n) is 2.28. The number of urea groups is 1. The number of esters is 1. The molecule has 0 saturated carbocycles. The first-order chi connectivity index (χ1) is 14.1. The number of hydrogen-bond acceptors (Lipinski definition) is 6. The molecule has 154 valence electrons. The monoisotopic (exact) mass is 400 g/mol. The number of amides is 3. The van der Waals surface area contributed by atoms with Gasteiger partial charge >= 0.3 is 12.0 Å². The summed E-state index contributed by atoms with van der Waals surface area (Å²) in [7, 11) is 1.58. The van der Waals surface area contributed by atoms with Crippen molar-refractivity contribution in [2.24, 2.45) is 0 Å². The van der Waals surface area contributed by atoms with Gasteiger partial charge in [0.25, 0.3) is 5.91 Å². The Morgan fingerprint density at radius 3 is 2.31 bits per heavy atom. The Morgan fingerprint density at radius 2 is 1.62 bits per heavy atom. The van der Waals surface area contributed by atoms with E-state index < -0.39 is 24.5 Å². The van der Waals surface area contributed by atoms with Crippen LogP contribution < -0.4 is 20.1 Å². The Kier molecular flexibility index (Phi) is 9.01. The van der Waals surface area contributed by atoms with Gasteiger partial charge in [0.2, 0.25) is 0 Å². The van der Waals surface area contributed by atoms with Gasteiger partial charge in [0.1, 0.15) is 11.5 Å². The lowest BCUT2D eigenvalue weighted by atomic mass is 10.2. The van der Waals surface area contributed by atoms with Crippen molar-refractivity contribution < 1.29 is 28.6 Å². The van der Waals surface area contributed by atoms with Crippen molar-refractivity contribution in [2.75, 3.05) is 20.3 Å². The van der Waals surface area contributed by atoms with Gasteiger partial charge in [-0.05, 0) is 36.2 Å². The second kappa shape index (κ2) is 12.0. The maximum atomic E-state index is 11.7. The topological polar surface area (TPSA) is 103 Å². The Labute approximate surface area is 169 Å². The molecule has 0 aromatic heterocycles. The highest BCUT2D eigenvalue weighted by molar-refractivity contribution is 5.95. The number of nitrogens with one attached hydrogen (secondary N) is 2. The van der Waals surface area contributed by atoms with E-state index in [1.54, 1.807) is 31.4 Å². The Bertz CT molecular complexity index is 793. The van der Waals surface area contributed by atoms with Crippen molar-refractivity contribution >= 4 is 17.9 Å². The number of hydrogen-bond donors (Lipinski definition) is 2. The van der Waals surface area contributed by atoms with Crippen LogP contribution in [0.2, 0.25) is 0 Å². The van der Waals surface area contributed by atoms with Crippen LogP contribution in [0.25, 0.3) is 0 Å². The number of methoxy groups -OCH3 is 1. The zero-order chi connectivity index (χ0) is 20.9. The summed E-state index contributed by atoms with van der Waals surface area (Å²) >= 11 is 0. The van der Waals surface area contributed by atoms with Crippen LogP contribution in [0.4, 0.5) is 4.79 Å². The SMILES string of the molecule is COc1ccc(OCCCC(=O)OCC(=O)NC(=O)NCc2ccccc2)cc1. The predicted molar refractivity (Wildman–Crippen MR) is 106 cm³/mol. The summed E-state index contributed by atoms with van der Waals surface area (Å²) in [6.45, 7) is 0.0976. The minimum Gasteiger partial charge on any atom is -0.497 e. The van der Waals surface area contributed by atoms with Gasteiger partial charge in [-0.15, -0.1) is 0 Å². The summed E-state index contributed by atoms with van der Waals surface area (Å²) in [5.74, 6) is 0.162. The number of carbonyl (C=O) groups is 3. The molecule has 2 aromatic carbocycles. The molecule has 0 unspecified atom stereocenters. The van der Waals surface area contributed by atoms with Crippen molar-refractivity contribution in [3.63, 3.8) is 0 Å². The molecule has 0 aliphatic rings. The van der Waals surface area contributed by atoms with Gasteiger partial charge in [0, 0.05) is 13.0 Å². The molecule has 8 heteroatoms. The van der Waals surface area contributed by atoms with E-state index >= 15 is 0 Å². The van der Waals surface area contributed by atoms with E-state index in [1.165, 1.54) is 0 Å². The highest BCUT2D eigenvalue weighted by Gasteiger charge is 2.11. The van der Waals surface area contributed by atoms with E-state index in [0.717, 1.165) is 11.3 Å². The number of benzene rings is 2. The maximum absolute atomic E-state index is 11.7. The highest BCUT2D eigenvalue weighted by Crippen LogP contribution is 2.17. The molecule has 8 nitrogen and oxygen atoms in total. The van der Waals surface area contributed by atoms with Gasteiger partial charge < -0.3 is 19.5 Å². The largest absolute Gasteiger partial charge is 0.497 e. The van der Waals surface area contributed by atoms with Crippen molar-refractivity contribution in [2.45, 2.75) is 19.4 Å². The standard InChI is InChI=1S/C21H24N2O6/c1-27-17-9-11-18(12-10-17)28-13-5-8-20(25)29-15-19(24)23-21(26)22-14-16-6-3-2-4-7-16/h2-4,6-7,9-12H,5,8,13-15H2,1H3,(H2,22,23,24,26). The minimum atomic E-state index is -0.696. The first kappa shape index (κ1) is 21.7. The van der Waals surface area contributed by atoms with Crippen LogP contribution in [-0.2, 0) is 20.9 Å². The zero-order valence-corrected chi connectivity index (χ0v) is 16.2. The zero-order valence-electron chi connectivity index (χ0n) is 16.2. The number of imide groups is 1. The smallest absolute Gasteiger partial charge is 0.321 e. The number of carbonyl (C=O) groups excluding carboxylic acids is 3. The lowest BCUT2D eigenvalue weighted by Crippen LogP contribution is -2.41. The van der Waals surface area contributed by atoms with Crippen molar-refractivity contribution in [1.29, 1.82) is 0 Å². The molecular formula is C21H24N2O6. The first-order valence-corrected chi connectivity index (χ1v) is 9.11. The van der Waals surface area contributed by atoms with Gasteiger partial charge in [-0.25, -0.2) is 4.79 Å². The van der Waals surface area contributed by atoms with Gasteiger partial charge in [-0.3, -0.25) is 14.9 Å². The van der Waals surface area contributed by atoms with Crippen LogP contribution in [0.3, 0.4) is 0 Å². The molecule has 0 radical (unpaired) electrons. The lowest BCUT2D eigenvalue weighted by Gasteiger charge is -2.08. The molecule has 2 aromatic rings. The second-order valence-electron chi connectivity index (χ2n) is 6.00. The van der Waals surface area contributed by atoms with E-state index in [0.29, 0.717) is 18.8 Å². The fraction of sp³-hybridized carbons (Fsp3) is 0.286. The second-order valence-corrected chi connectivity index (χ2v) is 6.00. The summed E-state index contributed by atoms with van der Waals surface area (Å²) in [5, 5.41) is 4.65. The molecule has 0 aliphatic carbocycles. The number of ether oxygens (including phenoxy) is 3. The molecule has 29 heavy (non-hydrogen) atoms. The van der Waals surface area contributed by atoms with E-state index in [1.807, 2.05) is 30.3 Å². The Hall–Kier alpha value is -3.55. The molecule has 3 amide bonds. The average molecular weight is 400 g/mol. The molecule has 2 N–H and O–H groups in total. The van der Waals surface area contributed by atoms with E-state index in [2.05, 4.69) is 10.6 Å². The number of rotatable bonds is 10. The quantitative estimate of drug-likeness (QED) is 0.469. The van der Waals surface area contributed by atoms with Gasteiger partial charge in [0.15, 0.2) is 6.61 Å². The molecule has 0 saturated heterocycles. The van der Waals surface area contributed by atoms with E-state index in [9.17, 15) is 14.4 Å². The van der Waals surface area contributed by atoms with Gasteiger partial charge in [-0.2, -0.15) is 0 Å². The maximum Gasteiger partial charge on any atom is 0.321 e. The molecule has 0 spiro atoms. The Balaban J connectivity index is 1.54. The molecule has 2 rings (SSSR count). The minimum absolute atomic E-state index is 0.101. The van der Waals surface area contributed by atoms with Crippen molar-refractivity contribution in [3.05, 3.63) is 60.2 Å². The van der Waals surface area contributed by atoms with Gasteiger partial charge in [0.05, 0.1) is 13.7 Å². The predicted octanol–water partition coefficient (Wildman–Crippen LogP) is 2.42. The molecule has 0 heterocycles. The van der Waals surface area contributed by atoms with Crippen LogP contribution >= 0.6 is 0 Å². The first-order valence-electron chi connectivity index (χ1n) is 9.11. The van der Waals surface area contributed by atoms with E-state index in [4.69, 9.17) is 14.2 Å².